The predicted molar refractivity (Wildman–Crippen MR) is 98.4 cm³/mol. The van der Waals surface area contributed by atoms with Gasteiger partial charge >= 0.3 is 6.18 Å². The molecule has 1 saturated heterocycles. The van der Waals surface area contributed by atoms with Gasteiger partial charge in [-0.1, -0.05) is 13.0 Å². The summed E-state index contributed by atoms with van der Waals surface area (Å²) in [5, 5.41) is 5.94. The minimum Gasteiger partial charge on any atom is -0.491 e. The average Bonchev–Trinajstić information content (AvgIpc) is 2.60. The Morgan fingerprint density at radius 2 is 1.93 bits per heavy atom. The molecule has 0 saturated carbocycles. The highest BCUT2D eigenvalue weighted by molar-refractivity contribution is 5.76. The van der Waals surface area contributed by atoms with Crippen LogP contribution in [0, 0.1) is 11.8 Å². The summed E-state index contributed by atoms with van der Waals surface area (Å²) in [6.07, 6.45) is -2.32. The zero-order valence-corrected chi connectivity index (χ0v) is 16.2. The number of piperidine rings is 1. The zero-order chi connectivity index (χ0) is 20.0. The summed E-state index contributed by atoms with van der Waals surface area (Å²) in [5.41, 5.74) is -0.728. The number of carbonyl (C=O) groups is 1. The van der Waals surface area contributed by atoms with Crippen molar-refractivity contribution in [2.45, 2.75) is 58.9 Å². The lowest BCUT2D eigenvalue weighted by Crippen LogP contribution is -2.33. The molecule has 1 heterocycles. The number of alkyl halides is 3. The number of halogens is 3. The Labute approximate surface area is 158 Å². The van der Waals surface area contributed by atoms with E-state index in [2.05, 4.69) is 10.6 Å². The number of carbonyl (C=O) groups excluding carboxylic acids is 1. The Balaban J connectivity index is 1.98. The molecule has 2 N–H and O–H groups in total. The fraction of sp³-hybridized carbons (Fsp3) is 0.650. The molecule has 1 unspecified atom stereocenters. The Morgan fingerprint density at radius 1 is 1.26 bits per heavy atom. The molecule has 2 rings (SSSR count). The van der Waals surface area contributed by atoms with E-state index in [4.69, 9.17) is 4.74 Å². The first-order valence-electron chi connectivity index (χ1n) is 9.51. The van der Waals surface area contributed by atoms with Crippen molar-refractivity contribution >= 4 is 5.91 Å². The van der Waals surface area contributed by atoms with Crippen LogP contribution in [0.4, 0.5) is 13.2 Å². The number of nitrogens with one attached hydrogen (secondary N) is 2. The SMILES string of the molecule is CC(C)Oc1ccc(CNC(=O)CC(C)C2CCNCC2)c(C(F)(F)F)c1. The van der Waals surface area contributed by atoms with Gasteiger partial charge in [-0.15, -0.1) is 0 Å². The minimum absolute atomic E-state index is 0.0430. The summed E-state index contributed by atoms with van der Waals surface area (Å²) in [7, 11) is 0. The van der Waals surface area contributed by atoms with Gasteiger partial charge in [-0.05, 0) is 69.3 Å². The van der Waals surface area contributed by atoms with E-state index in [1.54, 1.807) is 13.8 Å². The van der Waals surface area contributed by atoms with Crippen LogP contribution in [0.1, 0.15) is 51.2 Å². The number of hydrogen-bond donors (Lipinski definition) is 2. The lowest BCUT2D eigenvalue weighted by Gasteiger charge is -2.28. The smallest absolute Gasteiger partial charge is 0.416 e. The highest BCUT2D eigenvalue weighted by Gasteiger charge is 2.34. The maximum atomic E-state index is 13.4. The van der Waals surface area contributed by atoms with Gasteiger partial charge in [0.05, 0.1) is 11.7 Å². The lowest BCUT2D eigenvalue weighted by molar-refractivity contribution is -0.138. The van der Waals surface area contributed by atoms with Gasteiger partial charge in [0.15, 0.2) is 0 Å². The molecule has 7 heteroatoms. The first kappa shape index (κ1) is 21.5. The van der Waals surface area contributed by atoms with Crippen LogP contribution in [0.25, 0.3) is 0 Å². The molecule has 0 radical (unpaired) electrons. The number of rotatable bonds is 7. The standard InChI is InChI=1S/C20H29F3N2O2/c1-13(2)27-17-5-4-16(18(11-17)20(21,22)23)12-25-19(26)10-14(3)15-6-8-24-9-7-15/h4-5,11,13-15,24H,6-10,12H2,1-3H3,(H,25,26). The van der Waals surface area contributed by atoms with Crippen LogP contribution in [-0.4, -0.2) is 25.1 Å². The topological polar surface area (TPSA) is 50.4 Å². The van der Waals surface area contributed by atoms with E-state index >= 15 is 0 Å². The molecule has 1 aliphatic rings. The van der Waals surface area contributed by atoms with Crippen molar-refractivity contribution in [2.24, 2.45) is 11.8 Å². The number of benzene rings is 1. The van der Waals surface area contributed by atoms with Gasteiger partial charge in [-0.2, -0.15) is 13.2 Å². The van der Waals surface area contributed by atoms with Crippen molar-refractivity contribution in [1.29, 1.82) is 0 Å². The summed E-state index contributed by atoms with van der Waals surface area (Å²) in [4.78, 5) is 12.2. The zero-order valence-electron chi connectivity index (χ0n) is 16.2. The van der Waals surface area contributed by atoms with Gasteiger partial charge in [0.25, 0.3) is 0 Å². The highest BCUT2D eigenvalue weighted by Crippen LogP contribution is 2.34. The molecule has 1 atom stereocenters. The van der Waals surface area contributed by atoms with Crippen LogP contribution < -0.4 is 15.4 Å². The monoisotopic (exact) mass is 386 g/mol. The number of ether oxygens (including phenoxy) is 1. The summed E-state index contributed by atoms with van der Waals surface area (Å²) < 4.78 is 45.5. The summed E-state index contributed by atoms with van der Waals surface area (Å²) in [6.45, 7) is 7.31. The molecule has 4 nitrogen and oxygen atoms in total. The fourth-order valence-electron chi connectivity index (χ4n) is 3.46. The van der Waals surface area contributed by atoms with Gasteiger partial charge in [0.2, 0.25) is 5.91 Å². The first-order valence-corrected chi connectivity index (χ1v) is 9.51. The highest BCUT2D eigenvalue weighted by atomic mass is 19.4. The summed E-state index contributed by atoms with van der Waals surface area (Å²) in [5.74, 6) is 0.662. The number of hydrogen-bond acceptors (Lipinski definition) is 3. The average molecular weight is 386 g/mol. The molecular weight excluding hydrogens is 357 g/mol. The van der Waals surface area contributed by atoms with Crippen molar-refractivity contribution in [3.8, 4) is 5.75 Å². The number of amides is 1. The predicted octanol–water partition coefficient (Wildman–Crippen LogP) is 4.13. The van der Waals surface area contributed by atoms with Crippen molar-refractivity contribution in [3.05, 3.63) is 29.3 Å². The van der Waals surface area contributed by atoms with E-state index in [9.17, 15) is 18.0 Å². The second-order valence-corrected chi connectivity index (χ2v) is 7.53. The van der Waals surface area contributed by atoms with Gasteiger partial charge < -0.3 is 15.4 Å². The molecule has 1 aromatic rings. The minimum atomic E-state index is -4.50. The van der Waals surface area contributed by atoms with Gasteiger partial charge in [-0.25, -0.2) is 0 Å². The van der Waals surface area contributed by atoms with Gasteiger partial charge in [-0.3, -0.25) is 4.79 Å². The summed E-state index contributed by atoms with van der Waals surface area (Å²) >= 11 is 0. The Morgan fingerprint density at radius 3 is 2.52 bits per heavy atom. The first-order chi connectivity index (χ1) is 12.7. The maximum Gasteiger partial charge on any atom is 0.416 e. The molecule has 1 amide bonds. The van der Waals surface area contributed by atoms with E-state index < -0.39 is 11.7 Å². The molecule has 0 bridgehead atoms. The third kappa shape index (κ3) is 6.72. The van der Waals surface area contributed by atoms with Crippen LogP contribution in [0.5, 0.6) is 5.75 Å². The Kier molecular flexibility index (Phi) is 7.53. The van der Waals surface area contributed by atoms with Crippen molar-refractivity contribution in [1.82, 2.24) is 10.6 Å². The fourth-order valence-corrected chi connectivity index (χ4v) is 3.46. The van der Waals surface area contributed by atoms with E-state index in [-0.39, 0.29) is 35.8 Å². The third-order valence-corrected chi connectivity index (χ3v) is 4.93. The lowest BCUT2D eigenvalue weighted by atomic mass is 9.84. The molecule has 152 valence electrons. The molecule has 0 aliphatic carbocycles. The van der Waals surface area contributed by atoms with Crippen molar-refractivity contribution < 1.29 is 22.7 Å². The summed E-state index contributed by atoms with van der Waals surface area (Å²) in [6, 6.07) is 3.88. The molecule has 1 aliphatic heterocycles. The molecule has 27 heavy (non-hydrogen) atoms. The third-order valence-electron chi connectivity index (χ3n) is 4.93. The van der Waals surface area contributed by atoms with Crippen LogP contribution in [0.3, 0.4) is 0 Å². The van der Waals surface area contributed by atoms with E-state index in [1.165, 1.54) is 12.1 Å². The second-order valence-electron chi connectivity index (χ2n) is 7.53. The van der Waals surface area contributed by atoms with E-state index in [0.717, 1.165) is 32.0 Å². The van der Waals surface area contributed by atoms with Crippen LogP contribution in [-0.2, 0) is 17.5 Å². The maximum absolute atomic E-state index is 13.4. The molecule has 1 fully saturated rings. The van der Waals surface area contributed by atoms with Crippen molar-refractivity contribution in [3.63, 3.8) is 0 Å². The van der Waals surface area contributed by atoms with Gasteiger partial charge in [0, 0.05) is 13.0 Å². The normalized spacial score (nSPS) is 17.0. The van der Waals surface area contributed by atoms with E-state index in [0.29, 0.717) is 12.3 Å². The molecule has 0 spiro atoms. The van der Waals surface area contributed by atoms with Gasteiger partial charge in [0.1, 0.15) is 5.75 Å². The van der Waals surface area contributed by atoms with Crippen LogP contribution in [0.15, 0.2) is 18.2 Å². The van der Waals surface area contributed by atoms with Crippen molar-refractivity contribution in [2.75, 3.05) is 13.1 Å². The largest absolute Gasteiger partial charge is 0.491 e. The van der Waals surface area contributed by atoms with E-state index in [1.807, 2.05) is 6.92 Å². The Bertz CT molecular complexity index is 626. The molecule has 0 aromatic heterocycles. The second kappa shape index (κ2) is 9.44. The molecular formula is C20H29F3N2O2. The van der Waals surface area contributed by atoms with Crippen LogP contribution >= 0.6 is 0 Å². The molecule has 1 aromatic carbocycles. The van der Waals surface area contributed by atoms with Crippen LogP contribution in [0.2, 0.25) is 0 Å². The quantitative estimate of drug-likeness (QED) is 0.741. The Hall–Kier alpha value is -1.76.